The van der Waals surface area contributed by atoms with Gasteiger partial charge in [-0.05, 0) is 18.9 Å². The number of nitrogens with zero attached hydrogens (tertiary/aromatic N) is 1. The Kier molecular flexibility index (Phi) is 4.34. The van der Waals surface area contributed by atoms with Crippen LogP contribution in [0, 0.1) is 10.1 Å². The molecule has 0 aliphatic heterocycles. The zero-order chi connectivity index (χ0) is 15.6. The maximum Gasteiger partial charge on any atom is 0.325 e. The lowest BCUT2D eigenvalue weighted by Crippen LogP contribution is -2.47. The Labute approximate surface area is 126 Å². The maximum absolute atomic E-state index is 11.6. The Morgan fingerprint density at radius 2 is 2.29 bits per heavy atom. The number of methoxy groups -OCH3 is 1. The third-order valence-electron chi connectivity index (χ3n) is 3.51. The van der Waals surface area contributed by atoms with Crippen molar-refractivity contribution in [1.82, 2.24) is 0 Å². The molecule has 2 unspecified atom stereocenters. The standard InChI is InChI=1S/C13H15ClN2O5/c1-20-12(17)13(15)5-4-9(7-13)21-11-6-8(14)2-3-10(11)16(18)19/h2-3,6,9H,4-5,7,15H2,1H3. The number of rotatable bonds is 4. The molecule has 1 aromatic rings. The molecule has 0 heterocycles. The predicted octanol–water partition coefficient (Wildman–Crippen LogP) is 2.05. The van der Waals surface area contributed by atoms with Crippen LogP contribution in [0.2, 0.25) is 5.02 Å². The number of hydrogen-bond donors (Lipinski definition) is 1. The van der Waals surface area contributed by atoms with Crippen LogP contribution in [-0.4, -0.2) is 29.6 Å². The first kappa shape index (κ1) is 15.5. The second kappa shape index (κ2) is 5.87. The van der Waals surface area contributed by atoms with Crippen molar-refractivity contribution < 1.29 is 19.2 Å². The van der Waals surface area contributed by atoms with Gasteiger partial charge in [-0.3, -0.25) is 14.9 Å². The highest BCUT2D eigenvalue weighted by molar-refractivity contribution is 6.30. The molecule has 0 amide bonds. The molecule has 0 aromatic heterocycles. The summed E-state index contributed by atoms with van der Waals surface area (Å²) in [7, 11) is 1.27. The molecular formula is C13H15ClN2O5. The number of carbonyl (C=O) groups excluding carboxylic acids is 1. The third-order valence-corrected chi connectivity index (χ3v) is 3.74. The fourth-order valence-corrected chi connectivity index (χ4v) is 2.59. The van der Waals surface area contributed by atoms with Gasteiger partial charge in [-0.2, -0.15) is 0 Å². The van der Waals surface area contributed by atoms with Crippen LogP contribution >= 0.6 is 11.6 Å². The van der Waals surface area contributed by atoms with Crippen LogP contribution in [0.5, 0.6) is 5.75 Å². The second-order valence-corrected chi connectivity index (χ2v) is 5.44. The lowest BCUT2D eigenvalue weighted by molar-refractivity contribution is -0.386. The zero-order valence-corrected chi connectivity index (χ0v) is 12.1. The lowest BCUT2D eigenvalue weighted by Gasteiger charge is -2.20. The van der Waals surface area contributed by atoms with Gasteiger partial charge in [0.15, 0.2) is 5.75 Å². The van der Waals surface area contributed by atoms with Crippen LogP contribution in [0.3, 0.4) is 0 Å². The molecule has 2 atom stereocenters. The summed E-state index contributed by atoms with van der Waals surface area (Å²) < 4.78 is 10.3. The van der Waals surface area contributed by atoms with Crippen molar-refractivity contribution in [2.75, 3.05) is 7.11 Å². The fourth-order valence-electron chi connectivity index (χ4n) is 2.43. The quantitative estimate of drug-likeness (QED) is 0.518. The number of carbonyl (C=O) groups is 1. The van der Waals surface area contributed by atoms with Gasteiger partial charge in [-0.25, -0.2) is 0 Å². The smallest absolute Gasteiger partial charge is 0.325 e. The first-order valence-electron chi connectivity index (χ1n) is 6.33. The molecule has 0 spiro atoms. The minimum Gasteiger partial charge on any atom is -0.483 e. The monoisotopic (exact) mass is 314 g/mol. The third kappa shape index (κ3) is 3.25. The number of nitro groups is 1. The Morgan fingerprint density at radius 3 is 2.90 bits per heavy atom. The number of nitrogens with two attached hydrogens (primary N) is 1. The van der Waals surface area contributed by atoms with Crippen molar-refractivity contribution in [3.8, 4) is 5.75 Å². The SMILES string of the molecule is COC(=O)C1(N)CCC(Oc2cc(Cl)ccc2[N+](=O)[O-])C1. The van der Waals surface area contributed by atoms with E-state index in [2.05, 4.69) is 4.74 Å². The molecule has 2 N–H and O–H groups in total. The molecule has 0 radical (unpaired) electrons. The van der Waals surface area contributed by atoms with Crippen molar-refractivity contribution in [3.05, 3.63) is 33.3 Å². The van der Waals surface area contributed by atoms with Crippen LogP contribution in [0.4, 0.5) is 5.69 Å². The summed E-state index contributed by atoms with van der Waals surface area (Å²) in [6.45, 7) is 0. The van der Waals surface area contributed by atoms with E-state index < -0.39 is 22.5 Å². The molecule has 7 nitrogen and oxygen atoms in total. The summed E-state index contributed by atoms with van der Waals surface area (Å²) in [6, 6.07) is 4.08. The summed E-state index contributed by atoms with van der Waals surface area (Å²) in [5.74, 6) is -0.430. The van der Waals surface area contributed by atoms with E-state index in [0.29, 0.717) is 17.9 Å². The van der Waals surface area contributed by atoms with Crippen LogP contribution in [-0.2, 0) is 9.53 Å². The maximum atomic E-state index is 11.6. The van der Waals surface area contributed by atoms with Gasteiger partial charge in [0.25, 0.3) is 0 Å². The Balaban J connectivity index is 2.15. The minimum absolute atomic E-state index is 0.0756. The van der Waals surface area contributed by atoms with Gasteiger partial charge in [0.05, 0.1) is 12.0 Å². The van der Waals surface area contributed by atoms with Crippen molar-refractivity contribution in [1.29, 1.82) is 0 Å². The molecular weight excluding hydrogens is 300 g/mol. The number of halogens is 1. The number of esters is 1. The molecule has 21 heavy (non-hydrogen) atoms. The first-order valence-corrected chi connectivity index (χ1v) is 6.71. The fraction of sp³-hybridized carbons (Fsp3) is 0.462. The number of ether oxygens (including phenoxy) is 2. The van der Waals surface area contributed by atoms with Crippen LogP contribution in [0.1, 0.15) is 19.3 Å². The van der Waals surface area contributed by atoms with Crippen LogP contribution < -0.4 is 10.5 Å². The summed E-state index contributed by atoms with van der Waals surface area (Å²) in [5.41, 5.74) is 4.69. The van der Waals surface area contributed by atoms with Crippen molar-refractivity contribution in [2.45, 2.75) is 30.9 Å². The number of hydrogen-bond acceptors (Lipinski definition) is 6. The van der Waals surface area contributed by atoms with E-state index in [-0.39, 0.29) is 17.9 Å². The second-order valence-electron chi connectivity index (χ2n) is 5.00. The van der Waals surface area contributed by atoms with Gasteiger partial charge >= 0.3 is 11.7 Å². The van der Waals surface area contributed by atoms with Gasteiger partial charge in [-0.15, -0.1) is 0 Å². The highest BCUT2D eigenvalue weighted by Crippen LogP contribution is 2.36. The van der Waals surface area contributed by atoms with E-state index in [0.717, 1.165) is 0 Å². The van der Waals surface area contributed by atoms with Gasteiger partial charge in [0.2, 0.25) is 0 Å². The normalized spacial score (nSPS) is 24.6. The summed E-state index contributed by atoms with van der Waals surface area (Å²) in [6.07, 6.45) is 0.753. The summed E-state index contributed by atoms with van der Waals surface area (Å²) in [5, 5.41) is 11.3. The molecule has 1 aliphatic rings. The van der Waals surface area contributed by atoms with E-state index in [1.807, 2.05) is 0 Å². The molecule has 1 aliphatic carbocycles. The highest BCUT2D eigenvalue weighted by Gasteiger charge is 2.44. The van der Waals surface area contributed by atoms with Crippen molar-refractivity contribution in [3.63, 3.8) is 0 Å². The van der Waals surface area contributed by atoms with E-state index >= 15 is 0 Å². The van der Waals surface area contributed by atoms with Gasteiger partial charge in [0.1, 0.15) is 11.6 Å². The Morgan fingerprint density at radius 1 is 1.57 bits per heavy atom. The summed E-state index contributed by atoms with van der Waals surface area (Å²) >= 11 is 5.83. The van der Waals surface area contributed by atoms with E-state index in [1.54, 1.807) is 0 Å². The molecule has 1 fully saturated rings. The average molecular weight is 315 g/mol. The van der Waals surface area contributed by atoms with Gasteiger partial charge in [-0.1, -0.05) is 11.6 Å². The summed E-state index contributed by atoms with van der Waals surface area (Å²) in [4.78, 5) is 22.1. The average Bonchev–Trinajstić information content (AvgIpc) is 2.80. The number of nitro benzene ring substituents is 1. The zero-order valence-electron chi connectivity index (χ0n) is 11.4. The van der Waals surface area contributed by atoms with E-state index in [9.17, 15) is 14.9 Å². The number of benzene rings is 1. The Hall–Kier alpha value is -1.86. The molecule has 114 valence electrons. The van der Waals surface area contributed by atoms with Crippen LogP contribution in [0.25, 0.3) is 0 Å². The van der Waals surface area contributed by atoms with Crippen molar-refractivity contribution in [2.24, 2.45) is 5.73 Å². The lowest BCUT2D eigenvalue weighted by atomic mass is 10.00. The molecule has 8 heteroatoms. The minimum atomic E-state index is -1.10. The van der Waals surface area contributed by atoms with Gasteiger partial charge in [0, 0.05) is 23.6 Å². The molecule has 1 saturated carbocycles. The largest absolute Gasteiger partial charge is 0.483 e. The highest BCUT2D eigenvalue weighted by atomic mass is 35.5. The predicted molar refractivity (Wildman–Crippen MR) is 75.3 cm³/mol. The van der Waals surface area contributed by atoms with E-state index in [1.165, 1.54) is 25.3 Å². The topological polar surface area (TPSA) is 105 Å². The van der Waals surface area contributed by atoms with E-state index in [4.69, 9.17) is 22.1 Å². The molecule has 1 aromatic carbocycles. The van der Waals surface area contributed by atoms with Gasteiger partial charge < -0.3 is 15.2 Å². The van der Waals surface area contributed by atoms with Crippen molar-refractivity contribution >= 4 is 23.3 Å². The Bertz CT molecular complexity index is 580. The molecule has 0 bridgehead atoms. The first-order chi connectivity index (χ1) is 9.85. The molecule has 2 rings (SSSR count). The van der Waals surface area contributed by atoms with Crippen LogP contribution in [0.15, 0.2) is 18.2 Å². The molecule has 0 saturated heterocycles.